The summed E-state index contributed by atoms with van der Waals surface area (Å²) in [5.41, 5.74) is 0.865. The summed E-state index contributed by atoms with van der Waals surface area (Å²) < 4.78 is 67.8. The summed E-state index contributed by atoms with van der Waals surface area (Å²) in [6.07, 6.45) is -5.39. The molecule has 0 amide bonds. The number of rotatable bonds is 4. The number of aromatic nitrogens is 2. The van der Waals surface area contributed by atoms with Gasteiger partial charge in [-0.25, -0.2) is 8.78 Å². The number of aromatic amines is 1. The maximum atomic E-state index is 14.0. The highest BCUT2D eigenvalue weighted by molar-refractivity contribution is 5.35. The predicted octanol–water partition coefficient (Wildman–Crippen LogP) is 4.94. The molecule has 0 aliphatic carbocycles. The van der Waals surface area contributed by atoms with E-state index in [2.05, 4.69) is 35.9 Å². The zero-order valence-corrected chi connectivity index (χ0v) is 18.9. The Hall–Kier alpha value is -2.04. The maximum absolute atomic E-state index is 14.0. The Morgan fingerprint density at radius 3 is 2.39 bits per heavy atom. The lowest BCUT2D eigenvalue weighted by Crippen LogP contribution is -2.37. The van der Waals surface area contributed by atoms with E-state index in [4.69, 9.17) is 0 Å². The molecule has 0 bridgehead atoms. The number of benzene rings is 1. The van der Waals surface area contributed by atoms with Crippen LogP contribution in [0.1, 0.15) is 73.8 Å². The van der Waals surface area contributed by atoms with Gasteiger partial charge in [0.15, 0.2) is 17.9 Å². The third-order valence-corrected chi connectivity index (χ3v) is 6.42. The Kier molecular flexibility index (Phi) is 6.30. The first-order valence-corrected chi connectivity index (χ1v) is 11.1. The summed E-state index contributed by atoms with van der Waals surface area (Å²) in [4.78, 5) is 4.06. The van der Waals surface area contributed by atoms with Crippen LogP contribution >= 0.6 is 0 Å². The monoisotopic (exact) mass is 472 g/mol. The van der Waals surface area contributed by atoms with Crippen LogP contribution < -0.4 is 0 Å². The van der Waals surface area contributed by atoms with E-state index in [1.165, 1.54) is 0 Å². The molecule has 1 saturated heterocycles. The lowest BCUT2D eigenvalue weighted by molar-refractivity contribution is -0.141. The first kappa shape index (κ1) is 24.1. The molecular weight excluding hydrogens is 443 g/mol. The molecule has 0 radical (unpaired) electrons. The highest BCUT2D eigenvalue weighted by Crippen LogP contribution is 2.42. The van der Waals surface area contributed by atoms with Gasteiger partial charge in [-0.05, 0) is 35.8 Å². The van der Waals surface area contributed by atoms with Crippen LogP contribution in [0.4, 0.5) is 22.0 Å². The number of aliphatic hydroxyl groups is 1. The van der Waals surface area contributed by atoms with Crippen molar-refractivity contribution in [3.05, 3.63) is 51.8 Å². The predicted molar refractivity (Wildman–Crippen MR) is 112 cm³/mol. The Balaban J connectivity index is 1.45. The summed E-state index contributed by atoms with van der Waals surface area (Å²) in [7, 11) is 0. The summed E-state index contributed by atoms with van der Waals surface area (Å²) >= 11 is 0. The Morgan fingerprint density at radius 2 is 1.79 bits per heavy atom. The molecule has 182 valence electrons. The van der Waals surface area contributed by atoms with Gasteiger partial charge in [0.1, 0.15) is 5.69 Å². The van der Waals surface area contributed by atoms with Crippen molar-refractivity contribution < 1.29 is 27.1 Å². The molecule has 2 aromatic rings. The van der Waals surface area contributed by atoms with E-state index in [-0.39, 0.29) is 23.8 Å². The molecule has 3 heterocycles. The second kappa shape index (κ2) is 8.63. The number of piperidine rings is 1. The van der Waals surface area contributed by atoms with E-state index in [1.807, 2.05) is 0 Å². The third kappa shape index (κ3) is 4.93. The molecule has 0 spiro atoms. The van der Waals surface area contributed by atoms with E-state index in [1.54, 1.807) is 4.90 Å². The lowest BCUT2D eigenvalue weighted by atomic mass is 9.85. The molecule has 5 nitrogen and oxygen atoms in total. The van der Waals surface area contributed by atoms with Crippen molar-refractivity contribution in [3.8, 4) is 0 Å². The number of aliphatic hydroxyl groups excluding tert-OH is 1. The highest BCUT2D eigenvalue weighted by atomic mass is 19.4. The SMILES string of the molecule is CC(C)(C)CN1Cc2[nH]nc(C(O)N3CCC(c4ccc(F)c(F)c4C(F)(F)F)CC3)c2C1. The minimum absolute atomic E-state index is 0.132. The minimum atomic E-state index is -4.98. The number of nitrogens with one attached hydrogen (secondary N) is 1. The van der Waals surface area contributed by atoms with Gasteiger partial charge in [-0.1, -0.05) is 26.8 Å². The van der Waals surface area contributed by atoms with Crippen LogP contribution in [0, 0.1) is 17.0 Å². The van der Waals surface area contributed by atoms with Gasteiger partial charge in [0, 0.05) is 38.3 Å². The Bertz CT molecular complexity index is 1010. The van der Waals surface area contributed by atoms with Crippen molar-refractivity contribution in [2.45, 2.75) is 65.0 Å². The smallest absolute Gasteiger partial charge is 0.372 e. The fourth-order valence-corrected chi connectivity index (χ4v) is 5.05. The summed E-state index contributed by atoms with van der Waals surface area (Å²) in [5.74, 6) is -3.94. The lowest BCUT2D eigenvalue weighted by Gasteiger charge is -2.35. The van der Waals surface area contributed by atoms with Gasteiger partial charge in [-0.15, -0.1) is 0 Å². The molecule has 0 saturated carbocycles. The molecule has 1 aromatic heterocycles. The van der Waals surface area contributed by atoms with Gasteiger partial charge >= 0.3 is 6.18 Å². The molecule has 4 rings (SSSR count). The van der Waals surface area contributed by atoms with Gasteiger partial charge in [0.2, 0.25) is 0 Å². The van der Waals surface area contributed by atoms with E-state index in [0.29, 0.717) is 25.3 Å². The Labute approximate surface area is 189 Å². The number of H-pyrrole nitrogens is 1. The molecule has 2 N–H and O–H groups in total. The molecule has 1 atom stereocenters. The quantitative estimate of drug-likeness (QED) is 0.619. The molecule has 1 aromatic carbocycles. The van der Waals surface area contributed by atoms with Crippen molar-refractivity contribution in [2.75, 3.05) is 19.6 Å². The number of likely N-dealkylation sites (tertiary alicyclic amines) is 1. The van der Waals surface area contributed by atoms with Gasteiger partial charge in [0.05, 0.1) is 11.3 Å². The molecule has 2 aliphatic rings. The molecular formula is C23H29F5N4O. The van der Waals surface area contributed by atoms with Gasteiger partial charge in [-0.2, -0.15) is 18.3 Å². The van der Waals surface area contributed by atoms with Crippen LogP contribution in [0.5, 0.6) is 0 Å². The zero-order chi connectivity index (χ0) is 24.1. The number of hydrogen-bond acceptors (Lipinski definition) is 4. The zero-order valence-electron chi connectivity index (χ0n) is 18.9. The highest BCUT2D eigenvalue weighted by Gasteiger charge is 2.41. The Morgan fingerprint density at radius 1 is 1.12 bits per heavy atom. The van der Waals surface area contributed by atoms with Crippen LogP contribution in [0.25, 0.3) is 0 Å². The first-order valence-electron chi connectivity index (χ1n) is 11.1. The van der Waals surface area contributed by atoms with Crippen molar-refractivity contribution in [3.63, 3.8) is 0 Å². The second-order valence-corrected chi connectivity index (χ2v) is 10.3. The van der Waals surface area contributed by atoms with E-state index >= 15 is 0 Å². The fraction of sp³-hybridized carbons (Fsp3) is 0.609. The van der Waals surface area contributed by atoms with Crippen molar-refractivity contribution in [2.24, 2.45) is 5.41 Å². The van der Waals surface area contributed by atoms with Crippen LogP contribution in [-0.2, 0) is 19.3 Å². The topological polar surface area (TPSA) is 55.4 Å². The van der Waals surface area contributed by atoms with Crippen molar-refractivity contribution >= 4 is 0 Å². The first-order chi connectivity index (χ1) is 15.3. The molecule has 10 heteroatoms. The van der Waals surface area contributed by atoms with Crippen LogP contribution in [-0.4, -0.2) is 44.7 Å². The van der Waals surface area contributed by atoms with E-state index in [9.17, 15) is 27.1 Å². The van der Waals surface area contributed by atoms with Crippen LogP contribution in [0.2, 0.25) is 0 Å². The third-order valence-electron chi connectivity index (χ3n) is 6.42. The average molecular weight is 473 g/mol. The number of halogens is 5. The summed E-state index contributed by atoms with van der Waals surface area (Å²) in [5, 5.41) is 18.3. The molecule has 1 unspecified atom stereocenters. The number of nitrogens with zero attached hydrogens (tertiary/aromatic N) is 3. The fourth-order valence-electron chi connectivity index (χ4n) is 5.05. The van der Waals surface area contributed by atoms with Gasteiger partial charge in [0.25, 0.3) is 0 Å². The molecule has 1 fully saturated rings. The standard InChI is InChI=1S/C23H29F5N4O/c1-22(2,3)12-31-10-15-17(11-31)29-30-20(15)21(33)32-8-6-13(7-9-32)14-4-5-16(24)19(25)18(14)23(26,27)28/h4-5,13,21,33H,6-12H2,1-3H3,(H,29,30). The van der Waals surface area contributed by atoms with Crippen LogP contribution in [0.15, 0.2) is 12.1 Å². The van der Waals surface area contributed by atoms with Gasteiger partial charge < -0.3 is 5.11 Å². The number of fused-ring (bicyclic) bond motifs is 1. The normalized spacial score (nSPS) is 19.8. The molecule has 33 heavy (non-hydrogen) atoms. The number of hydrogen-bond donors (Lipinski definition) is 2. The summed E-state index contributed by atoms with van der Waals surface area (Å²) in [6, 6.07) is 1.78. The molecule has 2 aliphatic heterocycles. The van der Waals surface area contributed by atoms with E-state index < -0.39 is 35.5 Å². The number of alkyl halides is 3. The minimum Gasteiger partial charge on any atom is -0.372 e. The average Bonchev–Trinajstić information content (AvgIpc) is 3.27. The maximum Gasteiger partial charge on any atom is 0.419 e. The van der Waals surface area contributed by atoms with Crippen LogP contribution in [0.3, 0.4) is 0 Å². The summed E-state index contributed by atoms with van der Waals surface area (Å²) in [6.45, 7) is 9.41. The second-order valence-electron chi connectivity index (χ2n) is 10.3. The van der Waals surface area contributed by atoms with Crippen molar-refractivity contribution in [1.29, 1.82) is 0 Å². The largest absolute Gasteiger partial charge is 0.419 e. The van der Waals surface area contributed by atoms with Gasteiger partial charge in [-0.3, -0.25) is 14.9 Å². The van der Waals surface area contributed by atoms with E-state index in [0.717, 1.165) is 36.5 Å². The van der Waals surface area contributed by atoms with Crippen molar-refractivity contribution in [1.82, 2.24) is 20.0 Å².